The molecule has 0 aliphatic heterocycles. The first-order chi connectivity index (χ1) is 9.02. The van der Waals surface area contributed by atoms with E-state index in [2.05, 4.69) is 49.1 Å². The van der Waals surface area contributed by atoms with Gasteiger partial charge in [-0.3, -0.25) is 4.90 Å². The molecule has 0 spiro atoms. The number of aliphatic hydroxyl groups excluding tert-OH is 1. The van der Waals surface area contributed by atoms with Crippen LogP contribution in [0.1, 0.15) is 39.2 Å². The Bertz CT molecular complexity index is 382. The Hall–Kier alpha value is -0.860. The highest BCUT2D eigenvalue weighted by Crippen LogP contribution is 2.49. The second kappa shape index (κ2) is 6.06. The lowest BCUT2D eigenvalue weighted by molar-refractivity contribution is 0.0706. The van der Waals surface area contributed by atoms with Crippen LogP contribution in [0.2, 0.25) is 0 Å². The van der Waals surface area contributed by atoms with Gasteiger partial charge in [0.1, 0.15) is 0 Å². The number of aliphatic hydroxyl groups is 1. The molecule has 1 saturated carbocycles. The van der Waals surface area contributed by atoms with E-state index in [4.69, 9.17) is 0 Å². The van der Waals surface area contributed by atoms with Gasteiger partial charge in [0, 0.05) is 25.0 Å². The molecule has 0 bridgehead atoms. The zero-order valence-corrected chi connectivity index (χ0v) is 12.5. The molecule has 2 nitrogen and oxygen atoms in total. The molecule has 1 aliphatic carbocycles. The van der Waals surface area contributed by atoms with E-state index in [-0.39, 0.29) is 11.5 Å². The fourth-order valence-corrected chi connectivity index (χ4v) is 2.86. The van der Waals surface area contributed by atoms with Crippen molar-refractivity contribution >= 4 is 0 Å². The summed E-state index contributed by atoms with van der Waals surface area (Å²) in [6.07, 6.45) is 2.17. The van der Waals surface area contributed by atoms with Crippen LogP contribution in [-0.4, -0.2) is 29.2 Å². The lowest BCUT2D eigenvalue weighted by atomic mass is 9.99. The minimum Gasteiger partial charge on any atom is -0.393 e. The molecule has 1 aromatic carbocycles. The molecule has 0 radical (unpaired) electrons. The topological polar surface area (TPSA) is 23.5 Å². The van der Waals surface area contributed by atoms with Crippen molar-refractivity contribution in [1.29, 1.82) is 0 Å². The predicted molar refractivity (Wildman–Crippen MR) is 79.9 cm³/mol. The molecule has 1 N–H and O–H groups in total. The first-order valence-electron chi connectivity index (χ1n) is 7.46. The summed E-state index contributed by atoms with van der Waals surface area (Å²) >= 11 is 0. The largest absolute Gasteiger partial charge is 0.393 e. The molecule has 2 rings (SSSR count). The fraction of sp³-hybridized carbons (Fsp3) is 0.647. The monoisotopic (exact) mass is 261 g/mol. The van der Waals surface area contributed by atoms with Gasteiger partial charge in [0.15, 0.2) is 0 Å². The number of nitrogens with zero attached hydrogens (tertiary/aromatic N) is 1. The number of hydrogen-bond acceptors (Lipinski definition) is 2. The average molecular weight is 261 g/mol. The van der Waals surface area contributed by atoms with Gasteiger partial charge >= 0.3 is 0 Å². The minimum atomic E-state index is -0.182. The van der Waals surface area contributed by atoms with Gasteiger partial charge in [-0.2, -0.15) is 0 Å². The van der Waals surface area contributed by atoms with Crippen LogP contribution in [0, 0.1) is 11.3 Å². The van der Waals surface area contributed by atoms with E-state index in [0.717, 1.165) is 19.6 Å². The van der Waals surface area contributed by atoms with Gasteiger partial charge in [0.2, 0.25) is 0 Å². The van der Waals surface area contributed by atoms with E-state index >= 15 is 0 Å². The zero-order valence-electron chi connectivity index (χ0n) is 12.5. The van der Waals surface area contributed by atoms with Crippen LogP contribution < -0.4 is 0 Å². The van der Waals surface area contributed by atoms with Crippen molar-refractivity contribution in [3.8, 4) is 0 Å². The summed E-state index contributed by atoms with van der Waals surface area (Å²) in [6, 6.07) is 10.6. The molecule has 0 heterocycles. The Kier molecular flexibility index (Phi) is 4.64. The minimum absolute atomic E-state index is 0.170. The van der Waals surface area contributed by atoms with Gasteiger partial charge in [-0.25, -0.2) is 0 Å². The Balaban J connectivity index is 2.00. The molecule has 2 heteroatoms. The third-order valence-electron chi connectivity index (χ3n) is 4.19. The van der Waals surface area contributed by atoms with Crippen LogP contribution in [0.25, 0.3) is 0 Å². The Morgan fingerprint density at radius 2 is 1.79 bits per heavy atom. The zero-order chi connectivity index (χ0) is 13.9. The highest BCUT2D eigenvalue weighted by Gasteiger charge is 2.47. The summed E-state index contributed by atoms with van der Waals surface area (Å²) in [5, 5.41) is 9.97. The van der Waals surface area contributed by atoms with E-state index in [0.29, 0.717) is 5.92 Å². The summed E-state index contributed by atoms with van der Waals surface area (Å²) in [4.78, 5) is 2.51. The number of benzene rings is 1. The second-order valence-corrected chi connectivity index (χ2v) is 6.59. The quantitative estimate of drug-likeness (QED) is 0.814. The maximum absolute atomic E-state index is 9.97. The lowest BCUT2D eigenvalue weighted by Crippen LogP contribution is -2.37. The van der Waals surface area contributed by atoms with Gasteiger partial charge in [0.25, 0.3) is 0 Å². The normalized spacial score (nSPS) is 18.8. The van der Waals surface area contributed by atoms with Gasteiger partial charge in [-0.15, -0.1) is 0 Å². The summed E-state index contributed by atoms with van der Waals surface area (Å²) in [6.45, 7) is 9.59. The molecule has 1 fully saturated rings. The van der Waals surface area contributed by atoms with Crippen molar-refractivity contribution in [3.63, 3.8) is 0 Å². The van der Waals surface area contributed by atoms with E-state index in [1.165, 1.54) is 18.4 Å². The molecular formula is C17H27NO. The number of hydrogen-bond donors (Lipinski definition) is 1. The molecule has 106 valence electrons. The van der Waals surface area contributed by atoms with Crippen LogP contribution in [0.15, 0.2) is 30.3 Å². The Morgan fingerprint density at radius 1 is 1.16 bits per heavy atom. The first-order valence-corrected chi connectivity index (χ1v) is 7.46. The van der Waals surface area contributed by atoms with Crippen LogP contribution in [0.4, 0.5) is 0 Å². The fourth-order valence-electron chi connectivity index (χ4n) is 2.86. The van der Waals surface area contributed by atoms with E-state index in [1.807, 2.05) is 6.92 Å². The van der Waals surface area contributed by atoms with Gasteiger partial charge in [0.05, 0.1) is 6.10 Å². The smallest absolute Gasteiger partial charge is 0.0580 e. The standard InChI is InChI=1S/C17H27NO/c1-14(2)11-18(12-16-7-5-4-6-8-16)13-17(9-10-17)15(3)19/h4-8,14-15,19H,9-13H2,1-3H3. The first kappa shape index (κ1) is 14.5. The van der Waals surface area contributed by atoms with Crippen molar-refractivity contribution in [2.45, 2.75) is 46.3 Å². The summed E-state index contributed by atoms with van der Waals surface area (Å²) in [7, 11) is 0. The van der Waals surface area contributed by atoms with Crippen LogP contribution in [-0.2, 0) is 6.54 Å². The van der Waals surface area contributed by atoms with Gasteiger partial charge in [-0.1, -0.05) is 44.2 Å². The SMILES string of the molecule is CC(C)CN(Cc1ccccc1)CC1(C(C)O)CC1. The Morgan fingerprint density at radius 3 is 2.26 bits per heavy atom. The maximum atomic E-state index is 9.97. The summed E-state index contributed by atoms with van der Waals surface area (Å²) < 4.78 is 0. The lowest BCUT2D eigenvalue weighted by Gasteiger charge is -2.30. The number of rotatable bonds is 7. The molecule has 1 atom stereocenters. The molecule has 19 heavy (non-hydrogen) atoms. The third kappa shape index (κ3) is 4.05. The van der Waals surface area contributed by atoms with Crippen molar-refractivity contribution in [3.05, 3.63) is 35.9 Å². The van der Waals surface area contributed by atoms with E-state index in [1.54, 1.807) is 0 Å². The molecule has 0 aromatic heterocycles. The van der Waals surface area contributed by atoms with Crippen molar-refractivity contribution in [2.24, 2.45) is 11.3 Å². The Labute approximate surface area is 117 Å². The molecule has 0 amide bonds. The van der Waals surface area contributed by atoms with Crippen LogP contribution in [0.5, 0.6) is 0 Å². The van der Waals surface area contributed by atoms with Gasteiger partial charge < -0.3 is 5.11 Å². The van der Waals surface area contributed by atoms with Crippen molar-refractivity contribution in [1.82, 2.24) is 4.90 Å². The summed E-state index contributed by atoms with van der Waals surface area (Å²) in [5.41, 5.74) is 1.54. The molecule has 1 aromatic rings. The maximum Gasteiger partial charge on any atom is 0.0580 e. The summed E-state index contributed by atoms with van der Waals surface area (Å²) in [5.74, 6) is 0.661. The molecule has 1 unspecified atom stereocenters. The third-order valence-corrected chi connectivity index (χ3v) is 4.19. The van der Waals surface area contributed by atoms with Gasteiger partial charge in [-0.05, 0) is 31.2 Å². The van der Waals surface area contributed by atoms with Crippen molar-refractivity contribution in [2.75, 3.05) is 13.1 Å². The highest BCUT2D eigenvalue weighted by molar-refractivity contribution is 5.14. The van der Waals surface area contributed by atoms with E-state index < -0.39 is 0 Å². The van der Waals surface area contributed by atoms with Crippen LogP contribution in [0.3, 0.4) is 0 Å². The van der Waals surface area contributed by atoms with E-state index in [9.17, 15) is 5.11 Å². The highest BCUT2D eigenvalue weighted by atomic mass is 16.3. The van der Waals surface area contributed by atoms with Crippen molar-refractivity contribution < 1.29 is 5.11 Å². The molecule has 0 saturated heterocycles. The molecule has 1 aliphatic rings. The van der Waals surface area contributed by atoms with Crippen LogP contribution >= 0.6 is 0 Å². The predicted octanol–water partition coefficient (Wildman–Crippen LogP) is 3.31. The average Bonchev–Trinajstić information content (AvgIpc) is 3.10. The second-order valence-electron chi connectivity index (χ2n) is 6.59. The molecular weight excluding hydrogens is 234 g/mol.